The van der Waals surface area contributed by atoms with Gasteiger partial charge in [-0.05, 0) is 33.8 Å². The summed E-state index contributed by atoms with van der Waals surface area (Å²) in [6.07, 6.45) is 2.50. The first-order chi connectivity index (χ1) is 15.7. The predicted molar refractivity (Wildman–Crippen MR) is 121 cm³/mol. The lowest BCUT2D eigenvalue weighted by Gasteiger charge is -2.17. The number of fused-ring (bicyclic) bond motifs is 1. The van der Waals surface area contributed by atoms with Crippen molar-refractivity contribution in [3.63, 3.8) is 0 Å². The van der Waals surface area contributed by atoms with Crippen molar-refractivity contribution in [2.45, 2.75) is 46.0 Å². The summed E-state index contributed by atoms with van der Waals surface area (Å²) in [7, 11) is 0. The van der Waals surface area contributed by atoms with Gasteiger partial charge in [-0.3, -0.25) is 9.59 Å². The number of nitriles is 1. The molecule has 0 aliphatic carbocycles. The van der Waals surface area contributed by atoms with Crippen molar-refractivity contribution in [1.82, 2.24) is 30.4 Å². The number of rotatable bonds is 8. The highest BCUT2D eigenvalue weighted by Crippen LogP contribution is 2.22. The maximum absolute atomic E-state index is 14.1. The van der Waals surface area contributed by atoms with Gasteiger partial charge >= 0.3 is 0 Å². The molecule has 3 heterocycles. The highest BCUT2D eigenvalue weighted by Gasteiger charge is 2.21. The van der Waals surface area contributed by atoms with E-state index >= 15 is 0 Å². The largest absolute Gasteiger partial charge is 0.382 e. The summed E-state index contributed by atoms with van der Waals surface area (Å²) >= 11 is 0. The molecule has 3 aromatic rings. The number of hydrogen-bond acceptors (Lipinski definition) is 7. The summed E-state index contributed by atoms with van der Waals surface area (Å²) in [5.74, 6) is -0.946. The minimum absolute atomic E-state index is 0.0109. The average molecular weight is 452 g/mol. The number of nitrogens with one attached hydrogen (secondary N) is 3. The monoisotopic (exact) mass is 452 g/mol. The fourth-order valence-electron chi connectivity index (χ4n) is 3.07. The minimum Gasteiger partial charge on any atom is -0.382 e. The fourth-order valence-corrected chi connectivity index (χ4v) is 3.07. The van der Waals surface area contributed by atoms with Crippen molar-refractivity contribution >= 4 is 28.5 Å². The van der Waals surface area contributed by atoms with E-state index < -0.39 is 24.5 Å². The molecule has 2 amide bonds. The van der Waals surface area contributed by atoms with Gasteiger partial charge in [0.15, 0.2) is 17.6 Å². The second-order valence-corrected chi connectivity index (χ2v) is 8.03. The second-order valence-electron chi connectivity index (χ2n) is 8.03. The van der Waals surface area contributed by atoms with Crippen LogP contribution in [-0.4, -0.2) is 56.4 Å². The van der Waals surface area contributed by atoms with Gasteiger partial charge in [-0.1, -0.05) is 0 Å². The lowest BCUT2D eigenvalue weighted by Crippen LogP contribution is -2.42. The van der Waals surface area contributed by atoms with E-state index in [1.165, 1.54) is 17.1 Å². The number of pyridine rings is 2. The number of carbonyl (C=O) groups excluding carboxylic acids is 2. The third kappa shape index (κ3) is 5.60. The van der Waals surface area contributed by atoms with Gasteiger partial charge in [0, 0.05) is 35.9 Å². The number of amides is 2. The van der Waals surface area contributed by atoms with Crippen LogP contribution >= 0.6 is 0 Å². The zero-order valence-electron chi connectivity index (χ0n) is 18.8. The van der Waals surface area contributed by atoms with Crippen LogP contribution in [0.3, 0.4) is 0 Å². The molecule has 172 valence electrons. The van der Waals surface area contributed by atoms with Gasteiger partial charge in [0.25, 0.3) is 11.8 Å². The van der Waals surface area contributed by atoms with Gasteiger partial charge < -0.3 is 16.0 Å². The van der Waals surface area contributed by atoms with Crippen LogP contribution in [-0.2, 0) is 4.79 Å². The summed E-state index contributed by atoms with van der Waals surface area (Å²) < 4.78 is 15.6. The number of alkyl halides is 1. The van der Waals surface area contributed by atoms with Crippen LogP contribution in [0.1, 0.15) is 43.6 Å². The molecule has 0 spiro atoms. The molecular formula is C22H25FN8O2. The molecule has 3 rings (SSSR count). The van der Waals surface area contributed by atoms with Crippen LogP contribution in [0.15, 0.2) is 30.7 Å². The number of aromatic nitrogens is 4. The molecule has 11 heteroatoms. The second kappa shape index (κ2) is 10.0. The van der Waals surface area contributed by atoms with Crippen LogP contribution < -0.4 is 16.0 Å². The Morgan fingerprint density at radius 1 is 1.12 bits per heavy atom. The molecule has 0 bridgehead atoms. The Kier molecular flexibility index (Phi) is 7.17. The summed E-state index contributed by atoms with van der Waals surface area (Å²) in [6, 6.07) is 5.13. The van der Waals surface area contributed by atoms with E-state index in [1.54, 1.807) is 32.2 Å². The number of halogens is 1. The quantitative estimate of drug-likeness (QED) is 0.476. The molecular weight excluding hydrogens is 427 g/mol. The lowest BCUT2D eigenvalue weighted by atomic mass is 10.2. The van der Waals surface area contributed by atoms with E-state index in [0.29, 0.717) is 28.1 Å². The normalized spacial score (nSPS) is 11.9. The van der Waals surface area contributed by atoms with Crippen LogP contribution in [0.4, 0.5) is 10.1 Å². The molecule has 3 aromatic heterocycles. The average Bonchev–Trinajstić information content (AvgIpc) is 3.19. The molecule has 0 aromatic carbocycles. The van der Waals surface area contributed by atoms with E-state index in [-0.39, 0.29) is 17.6 Å². The van der Waals surface area contributed by atoms with Crippen molar-refractivity contribution in [1.29, 1.82) is 5.26 Å². The highest BCUT2D eigenvalue weighted by molar-refractivity contribution is 6.00. The molecule has 33 heavy (non-hydrogen) atoms. The van der Waals surface area contributed by atoms with E-state index in [0.717, 1.165) is 0 Å². The summed E-state index contributed by atoms with van der Waals surface area (Å²) in [5.41, 5.74) is 1.58. The van der Waals surface area contributed by atoms with E-state index in [1.807, 2.05) is 19.9 Å². The summed E-state index contributed by atoms with van der Waals surface area (Å²) in [4.78, 5) is 33.1. The minimum atomic E-state index is -1.87. The molecule has 0 saturated heterocycles. The molecule has 3 N–H and O–H groups in total. The lowest BCUT2D eigenvalue weighted by molar-refractivity contribution is -0.126. The highest BCUT2D eigenvalue weighted by atomic mass is 19.1. The summed E-state index contributed by atoms with van der Waals surface area (Å²) in [5, 5.41) is 22.1. The Bertz CT molecular complexity index is 1210. The molecule has 1 unspecified atom stereocenters. The SMILES string of the molecule is CC(C)NC(=O)C(F)CNC(=O)c1cnc(-n2ncc3cc(C#N)cnc32)cc1NC(C)C. The number of hydrogen-bond donors (Lipinski definition) is 3. The maximum atomic E-state index is 14.1. The van der Waals surface area contributed by atoms with Crippen LogP contribution in [0.2, 0.25) is 0 Å². The number of nitrogens with zero attached hydrogens (tertiary/aromatic N) is 5. The topological polar surface area (TPSA) is 138 Å². The smallest absolute Gasteiger partial charge is 0.256 e. The molecule has 0 fully saturated rings. The van der Waals surface area contributed by atoms with Gasteiger partial charge in [0.05, 0.1) is 29.6 Å². The molecule has 0 aliphatic rings. The van der Waals surface area contributed by atoms with Gasteiger partial charge in [0.1, 0.15) is 6.07 Å². The van der Waals surface area contributed by atoms with Crippen molar-refractivity contribution < 1.29 is 14.0 Å². The Labute approximate surface area is 190 Å². The van der Waals surface area contributed by atoms with Crippen LogP contribution in [0.5, 0.6) is 0 Å². The Hall–Kier alpha value is -4.07. The molecule has 10 nitrogen and oxygen atoms in total. The Morgan fingerprint density at radius 3 is 2.55 bits per heavy atom. The zero-order chi connectivity index (χ0) is 24.1. The van der Waals surface area contributed by atoms with Gasteiger partial charge in [-0.15, -0.1) is 0 Å². The van der Waals surface area contributed by atoms with Crippen molar-refractivity contribution in [3.05, 3.63) is 41.9 Å². The first-order valence-corrected chi connectivity index (χ1v) is 10.4. The van der Waals surface area contributed by atoms with E-state index in [2.05, 4.69) is 31.0 Å². The van der Waals surface area contributed by atoms with Gasteiger partial charge in [-0.2, -0.15) is 15.0 Å². The predicted octanol–water partition coefficient (Wildman–Crippen LogP) is 2.10. The fraction of sp³-hybridized carbons (Fsp3) is 0.364. The van der Waals surface area contributed by atoms with Crippen LogP contribution in [0.25, 0.3) is 16.9 Å². The van der Waals surface area contributed by atoms with Gasteiger partial charge in [0.2, 0.25) is 0 Å². The van der Waals surface area contributed by atoms with Crippen molar-refractivity contribution in [2.24, 2.45) is 0 Å². The van der Waals surface area contributed by atoms with E-state index in [4.69, 9.17) is 5.26 Å². The van der Waals surface area contributed by atoms with Crippen molar-refractivity contribution in [2.75, 3.05) is 11.9 Å². The first-order valence-electron chi connectivity index (χ1n) is 10.4. The molecule has 0 aliphatic heterocycles. The Balaban J connectivity index is 1.86. The third-order valence-corrected chi connectivity index (χ3v) is 4.49. The molecule has 0 radical (unpaired) electrons. The van der Waals surface area contributed by atoms with E-state index in [9.17, 15) is 14.0 Å². The maximum Gasteiger partial charge on any atom is 0.256 e. The summed E-state index contributed by atoms with van der Waals surface area (Å²) in [6.45, 7) is 6.80. The number of carbonyl (C=O) groups is 2. The Morgan fingerprint density at radius 2 is 1.88 bits per heavy atom. The van der Waals surface area contributed by atoms with Crippen LogP contribution in [0, 0.1) is 11.3 Å². The standard InChI is InChI=1S/C22H25FN8O2/c1-12(2)29-18-6-19(31-20-15(9-28-31)5-14(7-24)8-26-20)25-10-16(18)21(32)27-11-17(23)22(33)30-13(3)4/h5-6,8-10,12-13,17H,11H2,1-4H3,(H,25,29)(H,27,32)(H,30,33). The third-order valence-electron chi connectivity index (χ3n) is 4.49. The number of anilines is 1. The van der Waals surface area contributed by atoms with Crippen molar-refractivity contribution in [3.8, 4) is 11.9 Å². The molecule has 1 atom stereocenters. The molecule has 0 saturated carbocycles. The van der Waals surface area contributed by atoms with Gasteiger partial charge in [-0.25, -0.2) is 14.4 Å². The zero-order valence-corrected chi connectivity index (χ0v) is 18.8. The first kappa shape index (κ1) is 23.6.